The molecule has 168 valence electrons. The highest BCUT2D eigenvalue weighted by atomic mass is 35.5. The van der Waals surface area contributed by atoms with Crippen molar-refractivity contribution in [1.82, 2.24) is 0 Å². The zero-order valence-electron chi connectivity index (χ0n) is 17.5. The first-order valence-electron chi connectivity index (χ1n) is 10.5. The van der Waals surface area contributed by atoms with Crippen molar-refractivity contribution < 1.29 is 23.1 Å². The van der Waals surface area contributed by atoms with E-state index < -0.39 is 16.0 Å². The van der Waals surface area contributed by atoms with E-state index in [-0.39, 0.29) is 44.5 Å². The predicted molar refractivity (Wildman–Crippen MR) is 120 cm³/mol. The average molecular weight is 475 g/mol. The Labute approximate surface area is 192 Å². The van der Waals surface area contributed by atoms with E-state index in [1.807, 2.05) is 6.07 Å². The van der Waals surface area contributed by atoms with Crippen molar-refractivity contribution in [1.29, 1.82) is 5.26 Å². The molecule has 2 aromatic rings. The number of aryl methyl sites for hydroxylation is 1. The molecule has 2 aromatic carbocycles. The third-order valence-corrected chi connectivity index (χ3v) is 7.66. The van der Waals surface area contributed by atoms with Gasteiger partial charge in [-0.15, -0.1) is 0 Å². The van der Waals surface area contributed by atoms with Crippen molar-refractivity contribution in [2.45, 2.75) is 62.4 Å². The molecule has 2 aliphatic rings. The highest BCUT2D eigenvalue weighted by Gasteiger charge is 2.33. The van der Waals surface area contributed by atoms with Gasteiger partial charge in [0, 0.05) is 6.07 Å². The lowest BCUT2D eigenvalue weighted by atomic mass is 10.0. The maximum Gasteiger partial charge on any atom is 0.335 e. The number of hydrogen-bond donors (Lipinski definition) is 2. The van der Waals surface area contributed by atoms with Gasteiger partial charge in [0.05, 0.1) is 32.8 Å². The Balaban J connectivity index is 1.77. The van der Waals surface area contributed by atoms with E-state index in [1.54, 1.807) is 13.0 Å². The number of hydrogen-bond acceptors (Lipinski definition) is 5. The zero-order valence-corrected chi connectivity index (χ0v) is 19.1. The van der Waals surface area contributed by atoms with Crippen molar-refractivity contribution in [2.24, 2.45) is 0 Å². The fourth-order valence-electron chi connectivity index (χ4n) is 4.09. The molecule has 2 N–H and O–H groups in total. The summed E-state index contributed by atoms with van der Waals surface area (Å²) in [4.78, 5) is 11.6. The quantitative estimate of drug-likeness (QED) is 0.568. The Bertz CT molecular complexity index is 1230. The number of halogens is 1. The van der Waals surface area contributed by atoms with Crippen LogP contribution in [0.4, 0.5) is 5.69 Å². The first-order chi connectivity index (χ1) is 15.2. The summed E-state index contributed by atoms with van der Waals surface area (Å²) in [6.45, 7) is 1.66. The monoisotopic (exact) mass is 474 g/mol. The fourth-order valence-corrected chi connectivity index (χ4v) is 5.65. The van der Waals surface area contributed by atoms with Crippen molar-refractivity contribution in [2.75, 3.05) is 4.72 Å². The van der Waals surface area contributed by atoms with Gasteiger partial charge in [0.1, 0.15) is 11.8 Å². The molecule has 0 aliphatic heterocycles. The lowest BCUT2D eigenvalue weighted by molar-refractivity contribution is 0.0696. The molecule has 4 rings (SSSR count). The molecule has 0 saturated heterocycles. The number of carboxylic acid groups (broad SMARTS) is 1. The summed E-state index contributed by atoms with van der Waals surface area (Å²) < 4.78 is 35.4. The van der Waals surface area contributed by atoms with Gasteiger partial charge in [-0.2, -0.15) is 5.26 Å². The van der Waals surface area contributed by atoms with Crippen LogP contribution in [0.1, 0.15) is 71.5 Å². The Hall–Kier alpha value is -2.76. The van der Waals surface area contributed by atoms with Gasteiger partial charge in [0.2, 0.25) is 0 Å². The molecular weight excluding hydrogens is 452 g/mol. The zero-order chi connectivity index (χ0) is 23.0. The number of nitrogens with zero attached hydrogens (tertiary/aromatic N) is 1. The maximum absolute atomic E-state index is 13.4. The van der Waals surface area contributed by atoms with E-state index in [0.717, 1.165) is 38.5 Å². The number of aromatic carboxylic acids is 1. The third kappa shape index (κ3) is 4.54. The van der Waals surface area contributed by atoms with Crippen LogP contribution >= 0.6 is 11.6 Å². The number of rotatable bonds is 7. The maximum atomic E-state index is 13.4. The van der Waals surface area contributed by atoms with Crippen LogP contribution in [0.25, 0.3) is 0 Å². The fraction of sp³-hybridized carbons (Fsp3) is 0.391. The number of carbonyl (C=O) groups is 1. The number of benzene rings is 2. The number of sulfonamides is 1. The summed E-state index contributed by atoms with van der Waals surface area (Å²) in [6, 6.07) is 7.62. The molecule has 2 aliphatic carbocycles. The molecule has 0 heterocycles. The van der Waals surface area contributed by atoms with Gasteiger partial charge < -0.3 is 9.84 Å². The molecule has 0 radical (unpaired) electrons. The van der Waals surface area contributed by atoms with E-state index in [4.69, 9.17) is 16.3 Å². The number of nitrogens with one attached hydrogen (secondary N) is 1. The van der Waals surface area contributed by atoms with Crippen LogP contribution in [-0.2, 0) is 10.0 Å². The third-order valence-electron chi connectivity index (χ3n) is 5.92. The Morgan fingerprint density at radius 1 is 1.19 bits per heavy atom. The van der Waals surface area contributed by atoms with E-state index in [2.05, 4.69) is 4.72 Å². The Morgan fingerprint density at radius 3 is 2.47 bits per heavy atom. The topological polar surface area (TPSA) is 116 Å². The molecule has 9 heteroatoms. The summed E-state index contributed by atoms with van der Waals surface area (Å²) in [5.41, 5.74) is 1.28. The van der Waals surface area contributed by atoms with Crippen molar-refractivity contribution in [3.05, 3.63) is 51.5 Å². The molecule has 7 nitrogen and oxygen atoms in total. The SMILES string of the molecule is Cc1cc(C2CC2)c(S(=O)(=O)Nc2cc(C#N)c(Cl)cc2OC2CCCC2)cc1C(=O)O. The van der Waals surface area contributed by atoms with Gasteiger partial charge in [-0.1, -0.05) is 17.7 Å². The molecule has 2 saturated carbocycles. The van der Waals surface area contributed by atoms with E-state index >= 15 is 0 Å². The molecule has 32 heavy (non-hydrogen) atoms. The molecule has 0 atom stereocenters. The van der Waals surface area contributed by atoms with Crippen LogP contribution in [0.15, 0.2) is 29.2 Å². The first kappa shape index (κ1) is 22.4. The minimum Gasteiger partial charge on any atom is -0.488 e. The molecule has 0 bridgehead atoms. The summed E-state index contributed by atoms with van der Waals surface area (Å²) in [7, 11) is -4.16. The standard InChI is InChI=1S/C23H23ClN2O5S/c1-13-8-18(14-6-7-14)22(10-17(13)23(27)28)32(29,30)26-20-9-15(12-25)19(24)11-21(20)31-16-4-2-3-5-16/h8-11,14,16,26H,2-7H2,1H3,(H,27,28). The van der Waals surface area contributed by atoms with Gasteiger partial charge in [0.25, 0.3) is 10.0 Å². The largest absolute Gasteiger partial charge is 0.488 e. The minimum atomic E-state index is -4.16. The van der Waals surface area contributed by atoms with Crippen LogP contribution in [-0.4, -0.2) is 25.6 Å². The van der Waals surface area contributed by atoms with E-state index in [1.165, 1.54) is 18.2 Å². The highest BCUT2D eigenvalue weighted by molar-refractivity contribution is 7.92. The summed E-state index contributed by atoms with van der Waals surface area (Å²) in [5, 5.41) is 19.0. The first-order valence-corrected chi connectivity index (χ1v) is 12.4. The van der Waals surface area contributed by atoms with Crippen LogP contribution in [0.2, 0.25) is 5.02 Å². The molecule has 2 fully saturated rings. The Kier molecular flexibility index (Phi) is 6.06. The smallest absolute Gasteiger partial charge is 0.335 e. The average Bonchev–Trinajstić information content (AvgIpc) is 3.46. The van der Waals surface area contributed by atoms with Gasteiger partial charge in [-0.3, -0.25) is 4.72 Å². The van der Waals surface area contributed by atoms with Gasteiger partial charge in [0.15, 0.2) is 0 Å². The number of nitriles is 1. The van der Waals surface area contributed by atoms with Crippen molar-refractivity contribution in [3.8, 4) is 11.8 Å². The summed E-state index contributed by atoms with van der Waals surface area (Å²) >= 11 is 6.18. The summed E-state index contributed by atoms with van der Waals surface area (Å²) in [6.07, 6.45) is 5.42. The van der Waals surface area contributed by atoms with Crippen molar-refractivity contribution in [3.63, 3.8) is 0 Å². The number of ether oxygens (including phenoxy) is 1. The normalized spacial score (nSPS) is 16.5. The second-order valence-electron chi connectivity index (χ2n) is 8.35. The van der Waals surface area contributed by atoms with Crippen molar-refractivity contribution >= 4 is 33.3 Å². The van der Waals surface area contributed by atoms with Crippen LogP contribution in [0, 0.1) is 18.3 Å². The lowest BCUT2D eigenvalue weighted by Crippen LogP contribution is -2.19. The molecule has 0 spiro atoms. The minimum absolute atomic E-state index is 0.0535. The van der Waals surface area contributed by atoms with Crippen LogP contribution < -0.4 is 9.46 Å². The van der Waals surface area contributed by atoms with Crippen LogP contribution in [0.5, 0.6) is 5.75 Å². The van der Waals surface area contributed by atoms with E-state index in [9.17, 15) is 23.6 Å². The lowest BCUT2D eigenvalue weighted by Gasteiger charge is -2.19. The highest BCUT2D eigenvalue weighted by Crippen LogP contribution is 2.44. The van der Waals surface area contributed by atoms with Crippen LogP contribution in [0.3, 0.4) is 0 Å². The molecule has 0 amide bonds. The molecule has 0 aromatic heterocycles. The van der Waals surface area contributed by atoms with Gasteiger partial charge >= 0.3 is 5.97 Å². The second-order valence-corrected chi connectivity index (χ2v) is 10.4. The van der Waals surface area contributed by atoms with Gasteiger partial charge in [-0.25, -0.2) is 13.2 Å². The van der Waals surface area contributed by atoms with E-state index in [0.29, 0.717) is 11.1 Å². The number of carboxylic acids is 1. The molecule has 0 unspecified atom stereocenters. The van der Waals surface area contributed by atoms with Gasteiger partial charge in [-0.05, 0) is 74.6 Å². The predicted octanol–water partition coefficient (Wildman–Crippen LogP) is 5.22. The number of anilines is 1. The second kappa shape index (κ2) is 8.64. The molecular formula is C23H23ClN2O5S. The Morgan fingerprint density at radius 2 is 1.88 bits per heavy atom. The summed E-state index contributed by atoms with van der Waals surface area (Å²) in [5.74, 6) is -0.856.